The van der Waals surface area contributed by atoms with Gasteiger partial charge in [-0.3, -0.25) is 9.59 Å². The van der Waals surface area contributed by atoms with Crippen molar-refractivity contribution in [1.82, 2.24) is 9.80 Å². The molecular weight excluding hydrogens is 485 g/mol. The summed E-state index contributed by atoms with van der Waals surface area (Å²) in [6.07, 6.45) is 1.89. The van der Waals surface area contributed by atoms with Gasteiger partial charge >= 0.3 is 11.9 Å². The van der Waals surface area contributed by atoms with Crippen LogP contribution < -0.4 is 0 Å². The Kier molecular flexibility index (Phi) is 8.13. The van der Waals surface area contributed by atoms with Crippen LogP contribution in [-0.4, -0.2) is 59.6 Å². The maximum absolute atomic E-state index is 15.1. The Labute approximate surface area is 214 Å². The lowest BCUT2D eigenvalue weighted by atomic mass is 9.92. The number of hydrogen-bond acceptors (Lipinski definition) is 8. The first kappa shape index (κ1) is 25.9. The van der Waals surface area contributed by atoms with Gasteiger partial charge in [-0.2, -0.15) is 0 Å². The van der Waals surface area contributed by atoms with Gasteiger partial charge in [0.1, 0.15) is 5.82 Å². The van der Waals surface area contributed by atoms with Crippen molar-refractivity contribution in [2.45, 2.75) is 45.6 Å². The zero-order valence-electron chi connectivity index (χ0n) is 20.7. The van der Waals surface area contributed by atoms with Crippen LogP contribution in [0.5, 0.6) is 0 Å². The molecule has 1 aromatic rings. The highest BCUT2D eigenvalue weighted by Crippen LogP contribution is 2.46. The van der Waals surface area contributed by atoms with E-state index in [4.69, 9.17) is 9.47 Å². The lowest BCUT2D eigenvalue weighted by molar-refractivity contribution is -0.151. The molecule has 4 rings (SSSR count). The number of piperidine rings is 1. The largest absolute Gasteiger partial charge is 0.466 e. The minimum atomic E-state index is -0.816. The maximum atomic E-state index is 15.1. The third kappa shape index (κ3) is 5.04. The van der Waals surface area contributed by atoms with E-state index < -0.39 is 17.8 Å². The fourth-order valence-electron chi connectivity index (χ4n) is 4.83. The molecule has 0 aromatic heterocycles. The number of aliphatic imine (C=N–C) groups is 1. The fourth-order valence-corrected chi connectivity index (χ4v) is 5.76. The van der Waals surface area contributed by atoms with Gasteiger partial charge in [-0.25, -0.2) is 14.2 Å². The van der Waals surface area contributed by atoms with Gasteiger partial charge in [0.05, 0.1) is 43.4 Å². The number of ether oxygens (including phenoxy) is 2. The summed E-state index contributed by atoms with van der Waals surface area (Å²) in [6.45, 7) is 4.81. The van der Waals surface area contributed by atoms with Crippen LogP contribution in [0, 0.1) is 11.7 Å². The van der Waals surface area contributed by atoms with Crippen LogP contribution in [-0.2, 0) is 23.9 Å². The van der Waals surface area contributed by atoms with Crippen molar-refractivity contribution in [1.29, 1.82) is 0 Å². The number of esters is 2. The normalized spacial score (nSPS) is 21.6. The highest BCUT2D eigenvalue weighted by molar-refractivity contribution is 8.16. The second-order valence-corrected chi connectivity index (χ2v) is 9.57. The van der Waals surface area contributed by atoms with Gasteiger partial charge in [-0.1, -0.05) is 36.9 Å². The summed E-state index contributed by atoms with van der Waals surface area (Å²) < 4.78 is 25.3. The van der Waals surface area contributed by atoms with Gasteiger partial charge in [-0.05, 0) is 37.7 Å². The van der Waals surface area contributed by atoms with Crippen molar-refractivity contribution in [2.24, 2.45) is 10.9 Å². The second-order valence-electron chi connectivity index (χ2n) is 8.73. The monoisotopic (exact) mass is 515 g/mol. The number of amides is 1. The molecule has 0 spiro atoms. The molecule has 36 heavy (non-hydrogen) atoms. The van der Waals surface area contributed by atoms with Gasteiger partial charge in [0, 0.05) is 24.4 Å². The van der Waals surface area contributed by atoms with Crippen LogP contribution in [0.25, 0.3) is 0 Å². The third-order valence-electron chi connectivity index (χ3n) is 6.56. The molecule has 192 valence electrons. The predicted molar refractivity (Wildman–Crippen MR) is 134 cm³/mol. The molecule has 8 nitrogen and oxygen atoms in total. The molecule has 3 heterocycles. The number of thioether (sulfide) groups is 1. The Bertz CT molecular complexity index is 1150. The van der Waals surface area contributed by atoms with Gasteiger partial charge < -0.3 is 19.3 Å². The van der Waals surface area contributed by atoms with E-state index in [1.165, 1.54) is 24.9 Å². The fraction of sp³-hybridized carbons (Fsp3) is 0.462. The van der Waals surface area contributed by atoms with Crippen molar-refractivity contribution in [2.75, 3.05) is 26.8 Å². The molecule has 1 saturated heterocycles. The number of halogens is 1. The molecule has 0 N–H and O–H groups in total. The van der Waals surface area contributed by atoms with Gasteiger partial charge in [-0.15, -0.1) is 0 Å². The zero-order chi connectivity index (χ0) is 25.8. The standard InChI is InChI=1S/C26H30FN3O5S/c1-4-20-22(25(33)34-3)23(18-10-6-7-11-19(18)27)30-17(15-36-26(30)28-20)13-21(31)29-12-8-9-16(14-29)24(32)35-5-2/h6-7,10-11,15-16,23H,4-5,8-9,12-14H2,1-3H3/t16-,23+/m0/s1. The van der Waals surface area contributed by atoms with Crippen LogP contribution in [0.1, 0.15) is 51.1 Å². The number of benzene rings is 1. The molecule has 0 aliphatic carbocycles. The number of fused-ring (bicyclic) bond motifs is 1. The molecule has 3 aliphatic heterocycles. The number of methoxy groups -OCH3 is 1. The third-order valence-corrected chi connectivity index (χ3v) is 7.44. The maximum Gasteiger partial charge on any atom is 0.338 e. The minimum Gasteiger partial charge on any atom is -0.466 e. The molecule has 1 aromatic carbocycles. The van der Waals surface area contributed by atoms with Crippen LogP contribution in [0.4, 0.5) is 4.39 Å². The zero-order valence-corrected chi connectivity index (χ0v) is 21.5. The average molecular weight is 516 g/mol. The van der Waals surface area contributed by atoms with Crippen molar-refractivity contribution < 1.29 is 28.2 Å². The number of amidine groups is 1. The molecule has 0 bridgehead atoms. The first-order chi connectivity index (χ1) is 17.4. The Hall–Kier alpha value is -3.14. The van der Waals surface area contributed by atoms with Crippen LogP contribution in [0.15, 0.2) is 51.6 Å². The molecular formula is C26H30FN3O5S. The van der Waals surface area contributed by atoms with Gasteiger partial charge in [0.25, 0.3) is 0 Å². The Balaban J connectivity index is 1.63. The number of nitrogens with zero attached hydrogens (tertiary/aromatic N) is 3. The highest BCUT2D eigenvalue weighted by atomic mass is 32.2. The van der Waals surface area contributed by atoms with Crippen molar-refractivity contribution in [3.63, 3.8) is 0 Å². The lowest BCUT2D eigenvalue weighted by Gasteiger charge is -2.37. The summed E-state index contributed by atoms with van der Waals surface area (Å²) in [5.41, 5.74) is 1.71. The Morgan fingerprint density at radius 3 is 2.69 bits per heavy atom. The summed E-state index contributed by atoms with van der Waals surface area (Å²) in [6, 6.07) is 5.47. The Morgan fingerprint density at radius 2 is 2.00 bits per heavy atom. The van der Waals surface area contributed by atoms with E-state index in [-0.39, 0.29) is 29.8 Å². The number of allylic oxidation sites excluding steroid dienone is 1. The van der Waals surface area contributed by atoms with E-state index in [0.717, 1.165) is 0 Å². The highest BCUT2D eigenvalue weighted by Gasteiger charge is 2.43. The van der Waals surface area contributed by atoms with Crippen molar-refractivity contribution in [3.05, 3.63) is 58.0 Å². The van der Waals surface area contributed by atoms with E-state index in [0.29, 0.717) is 61.1 Å². The van der Waals surface area contributed by atoms with Crippen LogP contribution >= 0.6 is 11.8 Å². The van der Waals surface area contributed by atoms with E-state index in [1.54, 1.807) is 34.9 Å². The molecule has 1 fully saturated rings. The summed E-state index contributed by atoms with van der Waals surface area (Å²) in [4.78, 5) is 46.6. The number of rotatable bonds is 7. The smallest absolute Gasteiger partial charge is 0.338 e. The van der Waals surface area contributed by atoms with Crippen molar-refractivity contribution >= 4 is 34.8 Å². The summed E-state index contributed by atoms with van der Waals surface area (Å²) >= 11 is 1.34. The lowest BCUT2D eigenvalue weighted by Crippen LogP contribution is -2.44. The van der Waals surface area contributed by atoms with Crippen LogP contribution in [0.2, 0.25) is 0 Å². The van der Waals surface area contributed by atoms with E-state index in [9.17, 15) is 14.4 Å². The van der Waals surface area contributed by atoms with Gasteiger partial charge in [0.2, 0.25) is 5.91 Å². The van der Waals surface area contributed by atoms with Crippen molar-refractivity contribution in [3.8, 4) is 0 Å². The van der Waals surface area contributed by atoms with Crippen LogP contribution in [0.3, 0.4) is 0 Å². The number of carbonyl (C=O) groups is 3. The minimum absolute atomic E-state index is 0.0302. The molecule has 1 amide bonds. The van der Waals surface area contributed by atoms with E-state index >= 15 is 4.39 Å². The quantitative estimate of drug-likeness (QED) is 0.504. The topological polar surface area (TPSA) is 88.5 Å². The first-order valence-corrected chi connectivity index (χ1v) is 13.0. The average Bonchev–Trinajstić information content (AvgIpc) is 3.29. The van der Waals surface area contributed by atoms with E-state index in [1.807, 2.05) is 12.3 Å². The molecule has 3 aliphatic rings. The predicted octanol–water partition coefficient (Wildman–Crippen LogP) is 4.16. The molecule has 2 atom stereocenters. The number of hydrogen-bond donors (Lipinski definition) is 0. The summed E-state index contributed by atoms with van der Waals surface area (Å²) in [7, 11) is 1.29. The molecule has 0 radical (unpaired) electrons. The first-order valence-electron chi connectivity index (χ1n) is 12.1. The second kappa shape index (κ2) is 11.3. The molecule has 10 heteroatoms. The molecule has 0 saturated carbocycles. The summed E-state index contributed by atoms with van der Waals surface area (Å²) in [5, 5.41) is 2.41. The SMILES string of the molecule is CCOC(=O)[C@H]1CCCN(C(=O)CC2=CSC3=NC(CC)=C(C(=O)OC)[C@@H](c4ccccc4F)N23)C1. The Morgan fingerprint density at radius 1 is 1.22 bits per heavy atom. The van der Waals surface area contributed by atoms with E-state index in [2.05, 4.69) is 4.99 Å². The summed E-state index contributed by atoms with van der Waals surface area (Å²) in [5.74, 6) is -1.81. The molecule has 0 unspecified atom stereocenters. The van der Waals surface area contributed by atoms with Gasteiger partial charge in [0.15, 0.2) is 5.17 Å². The number of carbonyl (C=O) groups excluding carboxylic acids is 3. The number of likely N-dealkylation sites (tertiary alicyclic amines) is 1.